The Morgan fingerprint density at radius 2 is 1.91 bits per heavy atom. The molecule has 0 saturated carbocycles. The van der Waals surface area contributed by atoms with Gasteiger partial charge in [-0.15, -0.1) is 0 Å². The SMILES string of the molecule is COc1ccc(OC)c(NS(=O)(=O)c2ccc3c(c2)CCN3)c1. The molecule has 2 N–H and O–H groups in total. The number of methoxy groups -OCH3 is 2. The van der Waals surface area contributed by atoms with E-state index in [1.807, 2.05) is 0 Å². The van der Waals surface area contributed by atoms with Crippen molar-refractivity contribution in [2.75, 3.05) is 30.8 Å². The van der Waals surface area contributed by atoms with E-state index in [0.29, 0.717) is 17.2 Å². The zero-order chi connectivity index (χ0) is 16.4. The van der Waals surface area contributed by atoms with Crippen LogP contribution in [0.25, 0.3) is 0 Å². The van der Waals surface area contributed by atoms with Gasteiger partial charge in [0.05, 0.1) is 24.8 Å². The van der Waals surface area contributed by atoms with Crippen LogP contribution in [-0.2, 0) is 16.4 Å². The number of hydrogen-bond acceptors (Lipinski definition) is 5. The average Bonchev–Trinajstić information content (AvgIpc) is 3.02. The van der Waals surface area contributed by atoms with Crippen molar-refractivity contribution < 1.29 is 17.9 Å². The summed E-state index contributed by atoms with van der Waals surface area (Å²) < 4.78 is 38.2. The van der Waals surface area contributed by atoms with Crippen LogP contribution in [0, 0.1) is 0 Å². The Hall–Kier alpha value is -2.41. The van der Waals surface area contributed by atoms with E-state index in [1.54, 1.807) is 36.4 Å². The molecule has 1 aliphatic heterocycles. The van der Waals surface area contributed by atoms with Crippen LogP contribution in [0.4, 0.5) is 11.4 Å². The highest BCUT2D eigenvalue weighted by Gasteiger charge is 2.20. The molecule has 2 aromatic carbocycles. The highest BCUT2D eigenvalue weighted by atomic mass is 32.2. The highest BCUT2D eigenvalue weighted by Crippen LogP contribution is 2.32. The van der Waals surface area contributed by atoms with Crippen molar-refractivity contribution in [3.05, 3.63) is 42.0 Å². The summed E-state index contributed by atoms with van der Waals surface area (Å²) in [5.41, 5.74) is 2.33. The van der Waals surface area contributed by atoms with Gasteiger partial charge in [-0.05, 0) is 42.3 Å². The normalized spacial score (nSPS) is 13.1. The van der Waals surface area contributed by atoms with Crippen LogP contribution >= 0.6 is 0 Å². The first-order chi connectivity index (χ1) is 11.0. The van der Waals surface area contributed by atoms with Crippen molar-refractivity contribution in [2.45, 2.75) is 11.3 Å². The van der Waals surface area contributed by atoms with E-state index < -0.39 is 10.0 Å². The topological polar surface area (TPSA) is 76.7 Å². The first-order valence-corrected chi connectivity index (χ1v) is 8.63. The van der Waals surface area contributed by atoms with E-state index in [-0.39, 0.29) is 4.90 Å². The molecule has 0 amide bonds. The number of fused-ring (bicyclic) bond motifs is 1. The lowest BCUT2D eigenvalue weighted by molar-refractivity contribution is 0.405. The predicted molar refractivity (Wildman–Crippen MR) is 89.0 cm³/mol. The monoisotopic (exact) mass is 334 g/mol. The van der Waals surface area contributed by atoms with E-state index in [9.17, 15) is 8.42 Å². The van der Waals surface area contributed by atoms with Gasteiger partial charge in [-0.3, -0.25) is 4.72 Å². The lowest BCUT2D eigenvalue weighted by Gasteiger charge is -2.13. The second kappa shape index (κ2) is 6.00. The maximum atomic E-state index is 12.6. The Morgan fingerprint density at radius 3 is 2.65 bits per heavy atom. The number of nitrogens with one attached hydrogen (secondary N) is 2. The lowest BCUT2D eigenvalue weighted by atomic mass is 10.2. The zero-order valence-electron chi connectivity index (χ0n) is 12.9. The third kappa shape index (κ3) is 3.05. The maximum absolute atomic E-state index is 12.6. The summed E-state index contributed by atoms with van der Waals surface area (Å²) in [5, 5.41) is 3.21. The first-order valence-electron chi connectivity index (χ1n) is 7.15. The Morgan fingerprint density at radius 1 is 1.09 bits per heavy atom. The Balaban J connectivity index is 1.95. The maximum Gasteiger partial charge on any atom is 0.262 e. The molecule has 0 spiro atoms. The molecule has 2 aromatic rings. The van der Waals surface area contributed by atoms with Crippen molar-refractivity contribution in [3.8, 4) is 11.5 Å². The van der Waals surface area contributed by atoms with Crippen LogP contribution in [0.15, 0.2) is 41.3 Å². The van der Waals surface area contributed by atoms with Gasteiger partial charge in [0, 0.05) is 18.3 Å². The molecule has 0 atom stereocenters. The molecular weight excluding hydrogens is 316 g/mol. The van der Waals surface area contributed by atoms with Crippen molar-refractivity contribution in [3.63, 3.8) is 0 Å². The van der Waals surface area contributed by atoms with Gasteiger partial charge in [-0.25, -0.2) is 8.42 Å². The van der Waals surface area contributed by atoms with Crippen LogP contribution in [-0.4, -0.2) is 29.2 Å². The van der Waals surface area contributed by atoms with Crippen LogP contribution in [0.3, 0.4) is 0 Å². The van der Waals surface area contributed by atoms with Crippen LogP contribution < -0.4 is 19.5 Å². The van der Waals surface area contributed by atoms with Gasteiger partial charge in [0.15, 0.2) is 0 Å². The fourth-order valence-corrected chi connectivity index (χ4v) is 3.66. The van der Waals surface area contributed by atoms with Gasteiger partial charge in [0.1, 0.15) is 11.5 Å². The fourth-order valence-electron chi connectivity index (χ4n) is 2.55. The smallest absolute Gasteiger partial charge is 0.262 e. The van der Waals surface area contributed by atoms with Gasteiger partial charge in [-0.1, -0.05) is 0 Å². The quantitative estimate of drug-likeness (QED) is 0.878. The molecule has 23 heavy (non-hydrogen) atoms. The number of anilines is 2. The van der Waals surface area contributed by atoms with Gasteiger partial charge in [0.2, 0.25) is 0 Å². The minimum absolute atomic E-state index is 0.227. The minimum Gasteiger partial charge on any atom is -0.497 e. The molecule has 0 aromatic heterocycles. The molecule has 0 aliphatic carbocycles. The van der Waals surface area contributed by atoms with Crippen molar-refractivity contribution in [1.82, 2.24) is 0 Å². The molecule has 7 heteroatoms. The molecule has 0 saturated heterocycles. The van der Waals surface area contributed by atoms with E-state index in [0.717, 1.165) is 24.2 Å². The third-order valence-corrected chi connectivity index (χ3v) is 5.11. The summed E-state index contributed by atoms with van der Waals surface area (Å²) >= 11 is 0. The highest BCUT2D eigenvalue weighted by molar-refractivity contribution is 7.92. The van der Waals surface area contributed by atoms with Gasteiger partial charge in [-0.2, -0.15) is 0 Å². The summed E-state index contributed by atoms with van der Waals surface area (Å²) in [5.74, 6) is 0.971. The molecule has 0 bridgehead atoms. The molecule has 3 rings (SSSR count). The Bertz CT molecular complexity index is 834. The Kier molecular flexibility index (Phi) is 4.04. The molecule has 0 radical (unpaired) electrons. The van der Waals surface area contributed by atoms with Gasteiger partial charge < -0.3 is 14.8 Å². The third-order valence-electron chi connectivity index (χ3n) is 3.75. The molecule has 1 aliphatic rings. The largest absolute Gasteiger partial charge is 0.497 e. The fraction of sp³-hybridized carbons (Fsp3) is 0.250. The molecule has 1 heterocycles. The second-order valence-electron chi connectivity index (χ2n) is 5.17. The number of sulfonamides is 1. The summed E-state index contributed by atoms with van der Waals surface area (Å²) in [6.45, 7) is 0.829. The molecular formula is C16H18N2O4S. The summed E-state index contributed by atoms with van der Waals surface area (Å²) in [6.07, 6.45) is 0.821. The average molecular weight is 334 g/mol. The standard InChI is InChI=1S/C16H18N2O4S/c1-21-12-3-6-16(22-2)15(10-12)18-23(19,20)13-4-5-14-11(9-13)7-8-17-14/h3-6,9-10,17-18H,7-8H2,1-2H3. The Labute approximate surface area is 135 Å². The number of ether oxygens (including phenoxy) is 2. The number of benzene rings is 2. The van der Waals surface area contributed by atoms with E-state index in [4.69, 9.17) is 9.47 Å². The van der Waals surface area contributed by atoms with Crippen LogP contribution in [0.2, 0.25) is 0 Å². The zero-order valence-corrected chi connectivity index (χ0v) is 13.7. The van der Waals surface area contributed by atoms with Gasteiger partial charge in [0.25, 0.3) is 10.0 Å². The van der Waals surface area contributed by atoms with Crippen LogP contribution in [0.5, 0.6) is 11.5 Å². The van der Waals surface area contributed by atoms with E-state index >= 15 is 0 Å². The predicted octanol–water partition coefficient (Wildman–Crippen LogP) is 2.47. The van der Waals surface area contributed by atoms with E-state index in [2.05, 4.69) is 10.0 Å². The van der Waals surface area contributed by atoms with E-state index in [1.165, 1.54) is 14.2 Å². The molecule has 0 fully saturated rings. The minimum atomic E-state index is -3.71. The van der Waals surface area contributed by atoms with Crippen LogP contribution in [0.1, 0.15) is 5.56 Å². The summed E-state index contributed by atoms with van der Waals surface area (Å²) in [4.78, 5) is 0.227. The summed E-state index contributed by atoms with van der Waals surface area (Å²) in [6, 6.07) is 10.0. The van der Waals surface area contributed by atoms with Gasteiger partial charge >= 0.3 is 0 Å². The summed E-state index contributed by atoms with van der Waals surface area (Å²) in [7, 11) is -0.698. The molecule has 122 valence electrons. The van der Waals surface area contributed by atoms with Crippen molar-refractivity contribution in [1.29, 1.82) is 0 Å². The molecule has 6 nitrogen and oxygen atoms in total. The lowest BCUT2D eigenvalue weighted by Crippen LogP contribution is -2.14. The molecule has 0 unspecified atom stereocenters. The van der Waals surface area contributed by atoms with Crippen molar-refractivity contribution >= 4 is 21.4 Å². The van der Waals surface area contributed by atoms with Crippen molar-refractivity contribution in [2.24, 2.45) is 0 Å². The number of hydrogen-bond donors (Lipinski definition) is 2. The second-order valence-corrected chi connectivity index (χ2v) is 6.85. The first kappa shape index (κ1) is 15.5. The number of rotatable bonds is 5.